The van der Waals surface area contributed by atoms with Gasteiger partial charge in [-0.15, -0.1) is 0 Å². The SMILES string of the molecule is CN=C(NCc1ccc(CN2CCCCC2)cc1)N1CCC(OCC2CCCCO2)CC1. The fourth-order valence-corrected chi connectivity index (χ4v) is 5.07. The van der Waals surface area contributed by atoms with Crippen LogP contribution < -0.4 is 5.32 Å². The summed E-state index contributed by atoms with van der Waals surface area (Å²) in [6.45, 7) is 8.02. The fraction of sp³-hybridized carbons (Fsp3) is 0.731. The first-order chi connectivity index (χ1) is 15.8. The van der Waals surface area contributed by atoms with Gasteiger partial charge in [-0.2, -0.15) is 0 Å². The smallest absolute Gasteiger partial charge is 0.193 e. The van der Waals surface area contributed by atoms with Gasteiger partial charge >= 0.3 is 0 Å². The van der Waals surface area contributed by atoms with Crippen molar-refractivity contribution >= 4 is 5.96 Å². The molecule has 1 N–H and O–H groups in total. The van der Waals surface area contributed by atoms with Crippen LogP contribution in [0, 0.1) is 0 Å². The van der Waals surface area contributed by atoms with Crippen LogP contribution in [0.25, 0.3) is 0 Å². The minimum atomic E-state index is 0.308. The molecule has 1 unspecified atom stereocenters. The Morgan fingerprint density at radius 1 is 0.969 bits per heavy atom. The second-order valence-electron chi connectivity index (χ2n) is 9.56. The first-order valence-electron chi connectivity index (χ1n) is 12.8. The first kappa shape index (κ1) is 23.5. The van der Waals surface area contributed by atoms with Crippen LogP contribution in [-0.2, 0) is 22.6 Å². The van der Waals surface area contributed by atoms with Crippen molar-refractivity contribution in [2.24, 2.45) is 4.99 Å². The number of nitrogens with one attached hydrogen (secondary N) is 1. The van der Waals surface area contributed by atoms with Crippen molar-refractivity contribution in [1.29, 1.82) is 0 Å². The number of aliphatic imine (C=N–C) groups is 1. The Labute approximate surface area is 194 Å². The summed E-state index contributed by atoms with van der Waals surface area (Å²) >= 11 is 0. The van der Waals surface area contributed by atoms with Crippen LogP contribution in [-0.4, -0.2) is 74.4 Å². The standard InChI is InChI=1S/C26H42N4O2/c1-27-26(30-16-12-24(13-17-30)32-21-25-7-3-6-18-31-25)28-19-22-8-10-23(11-9-22)20-29-14-4-2-5-15-29/h8-11,24-25H,2-7,12-21H2,1H3,(H,27,28). The number of piperidine rings is 2. The monoisotopic (exact) mass is 442 g/mol. The number of likely N-dealkylation sites (tertiary alicyclic amines) is 2. The quantitative estimate of drug-likeness (QED) is 0.514. The summed E-state index contributed by atoms with van der Waals surface area (Å²) in [5, 5.41) is 3.56. The molecule has 178 valence electrons. The number of nitrogens with zero attached hydrogens (tertiary/aromatic N) is 3. The highest BCUT2D eigenvalue weighted by atomic mass is 16.5. The van der Waals surface area contributed by atoms with Crippen LogP contribution >= 0.6 is 0 Å². The zero-order chi connectivity index (χ0) is 22.0. The number of hydrogen-bond acceptors (Lipinski definition) is 4. The summed E-state index contributed by atoms with van der Waals surface area (Å²) in [5.74, 6) is 0.997. The van der Waals surface area contributed by atoms with Crippen molar-refractivity contribution < 1.29 is 9.47 Å². The third kappa shape index (κ3) is 7.19. The van der Waals surface area contributed by atoms with E-state index in [9.17, 15) is 0 Å². The molecule has 3 saturated heterocycles. The van der Waals surface area contributed by atoms with Gasteiger partial charge in [-0.25, -0.2) is 0 Å². The molecule has 0 bridgehead atoms. The summed E-state index contributed by atoms with van der Waals surface area (Å²) in [6, 6.07) is 9.08. The molecule has 0 radical (unpaired) electrons. The number of hydrogen-bond donors (Lipinski definition) is 1. The van der Waals surface area contributed by atoms with E-state index in [4.69, 9.17) is 9.47 Å². The van der Waals surface area contributed by atoms with Gasteiger partial charge in [0.25, 0.3) is 0 Å². The molecule has 6 nitrogen and oxygen atoms in total. The third-order valence-electron chi connectivity index (χ3n) is 7.07. The van der Waals surface area contributed by atoms with Crippen LogP contribution in [0.3, 0.4) is 0 Å². The van der Waals surface area contributed by atoms with Gasteiger partial charge in [0, 0.05) is 39.8 Å². The minimum absolute atomic E-state index is 0.308. The molecule has 6 heteroatoms. The largest absolute Gasteiger partial charge is 0.376 e. The van der Waals surface area contributed by atoms with E-state index in [-0.39, 0.29) is 0 Å². The first-order valence-corrected chi connectivity index (χ1v) is 12.8. The lowest BCUT2D eigenvalue weighted by molar-refractivity contribution is -0.0721. The Balaban J connectivity index is 1.16. The highest BCUT2D eigenvalue weighted by Crippen LogP contribution is 2.18. The second-order valence-corrected chi connectivity index (χ2v) is 9.56. The highest BCUT2D eigenvalue weighted by molar-refractivity contribution is 5.79. The molecule has 4 rings (SSSR count). The Hall–Kier alpha value is -1.63. The lowest BCUT2D eigenvalue weighted by Crippen LogP contribution is -2.47. The van der Waals surface area contributed by atoms with E-state index in [0.717, 1.165) is 64.6 Å². The average Bonchev–Trinajstić information content (AvgIpc) is 2.86. The van der Waals surface area contributed by atoms with Gasteiger partial charge < -0.3 is 19.7 Å². The van der Waals surface area contributed by atoms with Crippen LogP contribution in [0.5, 0.6) is 0 Å². The Morgan fingerprint density at radius 2 is 1.72 bits per heavy atom. The van der Waals surface area contributed by atoms with E-state index in [1.54, 1.807) is 0 Å². The van der Waals surface area contributed by atoms with Crippen LogP contribution in [0.15, 0.2) is 29.3 Å². The van der Waals surface area contributed by atoms with E-state index in [1.165, 1.54) is 56.3 Å². The zero-order valence-electron chi connectivity index (χ0n) is 19.9. The third-order valence-corrected chi connectivity index (χ3v) is 7.07. The van der Waals surface area contributed by atoms with E-state index in [1.807, 2.05) is 7.05 Å². The number of benzene rings is 1. The van der Waals surface area contributed by atoms with E-state index in [2.05, 4.69) is 44.4 Å². The molecule has 1 aromatic carbocycles. The van der Waals surface area contributed by atoms with Crippen LogP contribution in [0.1, 0.15) is 62.5 Å². The van der Waals surface area contributed by atoms with Crippen molar-refractivity contribution in [3.05, 3.63) is 35.4 Å². The molecule has 1 atom stereocenters. The van der Waals surface area contributed by atoms with Crippen LogP contribution in [0.2, 0.25) is 0 Å². The van der Waals surface area contributed by atoms with Gasteiger partial charge in [0.15, 0.2) is 5.96 Å². The van der Waals surface area contributed by atoms with Crippen LogP contribution in [0.4, 0.5) is 0 Å². The second kappa shape index (κ2) is 12.6. The topological polar surface area (TPSA) is 49.3 Å². The maximum Gasteiger partial charge on any atom is 0.193 e. The lowest BCUT2D eigenvalue weighted by Gasteiger charge is -2.35. The lowest BCUT2D eigenvalue weighted by atomic mass is 10.1. The Kier molecular flexibility index (Phi) is 9.24. The maximum absolute atomic E-state index is 6.16. The van der Waals surface area contributed by atoms with Gasteiger partial charge in [-0.3, -0.25) is 9.89 Å². The Morgan fingerprint density at radius 3 is 2.41 bits per heavy atom. The molecular formula is C26H42N4O2. The summed E-state index contributed by atoms with van der Waals surface area (Å²) in [6.07, 6.45) is 10.5. The fourth-order valence-electron chi connectivity index (χ4n) is 5.07. The van der Waals surface area contributed by atoms with Gasteiger partial charge in [0.05, 0.1) is 18.8 Å². The average molecular weight is 443 g/mol. The zero-order valence-corrected chi connectivity index (χ0v) is 19.9. The molecule has 3 aliphatic rings. The minimum Gasteiger partial charge on any atom is -0.376 e. The molecule has 3 heterocycles. The molecule has 0 aliphatic carbocycles. The molecule has 0 aromatic heterocycles. The summed E-state index contributed by atoms with van der Waals surface area (Å²) in [5.41, 5.74) is 2.72. The molecule has 0 amide bonds. The molecule has 0 spiro atoms. The van der Waals surface area contributed by atoms with Gasteiger partial charge in [-0.05, 0) is 69.2 Å². The normalized spacial score (nSPS) is 24.0. The van der Waals surface area contributed by atoms with Gasteiger partial charge in [0.2, 0.25) is 0 Å². The van der Waals surface area contributed by atoms with Gasteiger partial charge in [-0.1, -0.05) is 30.7 Å². The summed E-state index contributed by atoms with van der Waals surface area (Å²) in [7, 11) is 1.88. The van der Waals surface area contributed by atoms with Crippen molar-refractivity contribution in [3.63, 3.8) is 0 Å². The predicted molar refractivity (Wildman–Crippen MR) is 130 cm³/mol. The molecule has 0 saturated carbocycles. The molecule has 1 aromatic rings. The predicted octanol–water partition coefficient (Wildman–Crippen LogP) is 3.80. The van der Waals surface area contributed by atoms with Crippen molar-refractivity contribution in [3.8, 4) is 0 Å². The van der Waals surface area contributed by atoms with E-state index in [0.29, 0.717) is 12.2 Å². The van der Waals surface area contributed by atoms with Crippen molar-refractivity contribution in [1.82, 2.24) is 15.1 Å². The molecule has 3 aliphatic heterocycles. The molecule has 3 fully saturated rings. The molecule has 32 heavy (non-hydrogen) atoms. The molecular weight excluding hydrogens is 400 g/mol. The highest BCUT2D eigenvalue weighted by Gasteiger charge is 2.23. The number of ether oxygens (including phenoxy) is 2. The van der Waals surface area contributed by atoms with E-state index >= 15 is 0 Å². The maximum atomic E-state index is 6.16. The van der Waals surface area contributed by atoms with Gasteiger partial charge in [0.1, 0.15) is 0 Å². The Bertz CT molecular complexity index is 688. The summed E-state index contributed by atoms with van der Waals surface area (Å²) < 4.78 is 12.0. The number of rotatable bonds is 7. The summed E-state index contributed by atoms with van der Waals surface area (Å²) in [4.78, 5) is 9.47. The number of guanidine groups is 1. The van der Waals surface area contributed by atoms with Crippen molar-refractivity contribution in [2.75, 3.05) is 46.4 Å². The van der Waals surface area contributed by atoms with Crippen molar-refractivity contribution in [2.45, 2.75) is 76.7 Å². The van der Waals surface area contributed by atoms with E-state index < -0.39 is 0 Å².